The van der Waals surface area contributed by atoms with Gasteiger partial charge in [0.1, 0.15) is 0 Å². The van der Waals surface area contributed by atoms with Crippen molar-refractivity contribution in [2.45, 2.75) is 64.3 Å². The highest BCUT2D eigenvalue weighted by Crippen LogP contribution is 2.37. The number of nitrogens with two attached hydrogens (primary N) is 1. The standard InChI is InChI=1S/C16H26N2/c1-3-5-14-6-4-8-16(17,9-7-14)15-10-13(2)11-18-12-15/h10-12,14H,3-9,17H2,1-2H3. The lowest BCUT2D eigenvalue weighted by atomic mass is 9.84. The minimum absolute atomic E-state index is 0.137. The maximum Gasteiger partial charge on any atom is 0.0425 e. The van der Waals surface area contributed by atoms with E-state index in [1.165, 1.54) is 43.2 Å². The Labute approximate surface area is 111 Å². The fraction of sp³-hybridized carbons (Fsp3) is 0.688. The summed E-state index contributed by atoms with van der Waals surface area (Å²) in [7, 11) is 0. The molecule has 2 rings (SSSR count). The first kappa shape index (κ1) is 13.5. The van der Waals surface area contributed by atoms with Crippen LogP contribution in [0.2, 0.25) is 0 Å². The highest BCUT2D eigenvalue weighted by atomic mass is 14.8. The van der Waals surface area contributed by atoms with Crippen LogP contribution in [0, 0.1) is 12.8 Å². The van der Waals surface area contributed by atoms with Gasteiger partial charge in [-0.25, -0.2) is 0 Å². The van der Waals surface area contributed by atoms with E-state index in [9.17, 15) is 0 Å². The Hall–Kier alpha value is -0.890. The second kappa shape index (κ2) is 5.83. The van der Waals surface area contributed by atoms with Crippen molar-refractivity contribution in [3.63, 3.8) is 0 Å². The maximum absolute atomic E-state index is 6.67. The van der Waals surface area contributed by atoms with Crippen LogP contribution in [-0.2, 0) is 5.54 Å². The Morgan fingerprint density at radius 1 is 1.33 bits per heavy atom. The molecule has 1 aliphatic rings. The van der Waals surface area contributed by atoms with Gasteiger partial charge in [0.2, 0.25) is 0 Å². The van der Waals surface area contributed by atoms with E-state index in [0.29, 0.717) is 0 Å². The van der Waals surface area contributed by atoms with Crippen LogP contribution in [0.5, 0.6) is 0 Å². The number of aryl methyl sites for hydroxylation is 1. The molecule has 1 heterocycles. The molecule has 100 valence electrons. The first-order valence-electron chi connectivity index (χ1n) is 7.35. The summed E-state index contributed by atoms with van der Waals surface area (Å²) < 4.78 is 0. The van der Waals surface area contributed by atoms with Crippen molar-refractivity contribution < 1.29 is 0 Å². The van der Waals surface area contributed by atoms with Crippen molar-refractivity contribution in [2.24, 2.45) is 11.7 Å². The lowest BCUT2D eigenvalue weighted by molar-refractivity contribution is 0.366. The lowest BCUT2D eigenvalue weighted by Gasteiger charge is -2.28. The summed E-state index contributed by atoms with van der Waals surface area (Å²) in [5, 5.41) is 0. The summed E-state index contributed by atoms with van der Waals surface area (Å²) in [6, 6.07) is 2.22. The largest absolute Gasteiger partial charge is 0.321 e. The van der Waals surface area contributed by atoms with E-state index in [1.54, 1.807) is 0 Å². The third kappa shape index (κ3) is 3.11. The molecule has 0 amide bonds. The van der Waals surface area contributed by atoms with E-state index >= 15 is 0 Å². The number of nitrogens with zero attached hydrogens (tertiary/aromatic N) is 1. The van der Waals surface area contributed by atoms with Gasteiger partial charge in [0.15, 0.2) is 0 Å². The zero-order valence-electron chi connectivity index (χ0n) is 11.8. The Balaban J connectivity index is 2.11. The van der Waals surface area contributed by atoms with Crippen molar-refractivity contribution >= 4 is 0 Å². The summed E-state index contributed by atoms with van der Waals surface area (Å²) in [5.41, 5.74) is 8.98. The van der Waals surface area contributed by atoms with Gasteiger partial charge in [0, 0.05) is 17.9 Å². The quantitative estimate of drug-likeness (QED) is 0.821. The molecule has 1 fully saturated rings. The van der Waals surface area contributed by atoms with E-state index in [1.807, 2.05) is 12.4 Å². The van der Waals surface area contributed by atoms with Gasteiger partial charge in [-0.1, -0.05) is 38.7 Å². The average molecular weight is 246 g/mol. The molecular weight excluding hydrogens is 220 g/mol. The molecule has 2 atom stereocenters. The predicted molar refractivity (Wildman–Crippen MR) is 76.3 cm³/mol. The number of rotatable bonds is 3. The zero-order valence-corrected chi connectivity index (χ0v) is 11.8. The van der Waals surface area contributed by atoms with Gasteiger partial charge in [0.05, 0.1) is 0 Å². The minimum Gasteiger partial charge on any atom is -0.321 e. The van der Waals surface area contributed by atoms with Gasteiger partial charge < -0.3 is 5.73 Å². The van der Waals surface area contributed by atoms with E-state index < -0.39 is 0 Å². The van der Waals surface area contributed by atoms with Crippen molar-refractivity contribution in [3.05, 3.63) is 29.6 Å². The van der Waals surface area contributed by atoms with Crippen LogP contribution in [0.4, 0.5) is 0 Å². The maximum atomic E-state index is 6.67. The van der Waals surface area contributed by atoms with Gasteiger partial charge in [-0.2, -0.15) is 0 Å². The first-order chi connectivity index (χ1) is 8.64. The first-order valence-corrected chi connectivity index (χ1v) is 7.35. The summed E-state index contributed by atoms with van der Waals surface area (Å²) in [5.74, 6) is 0.887. The molecule has 1 aromatic heterocycles. The summed E-state index contributed by atoms with van der Waals surface area (Å²) in [6.07, 6.45) is 12.6. The molecule has 2 nitrogen and oxygen atoms in total. The molecule has 18 heavy (non-hydrogen) atoms. The van der Waals surface area contributed by atoms with E-state index in [0.717, 1.165) is 18.8 Å². The van der Waals surface area contributed by atoms with Crippen LogP contribution in [0.1, 0.15) is 63.0 Å². The van der Waals surface area contributed by atoms with Gasteiger partial charge in [-0.15, -0.1) is 0 Å². The highest BCUT2D eigenvalue weighted by molar-refractivity contribution is 5.24. The SMILES string of the molecule is CCCC1CCCC(N)(c2cncc(C)c2)CC1. The summed E-state index contributed by atoms with van der Waals surface area (Å²) in [4.78, 5) is 4.31. The Morgan fingerprint density at radius 3 is 2.89 bits per heavy atom. The van der Waals surface area contributed by atoms with Crippen LogP contribution in [0.25, 0.3) is 0 Å². The molecule has 2 N–H and O–H groups in total. The molecule has 0 saturated heterocycles. The van der Waals surface area contributed by atoms with E-state index in [-0.39, 0.29) is 5.54 Å². The van der Waals surface area contributed by atoms with Crippen molar-refractivity contribution in [2.75, 3.05) is 0 Å². The van der Waals surface area contributed by atoms with Crippen LogP contribution in [0.15, 0.2) is 18.5 Å². The van der Waals surface area contributed by atoms with Crippen LogP contribution in [0.3, 0.4) is 0 Å². The molecule has 0 bridgehead atoms. The van der Waals surface area contributed by atoms with E-state index in [2.05, 4.69) is 24.9 Å². The molecule has 2 heteroatoms. The molecule has 2 unspecified atom stereocenters. The normalized spacial score (nSPS) is 28.9. The second-order valence-corrected chi connectivity index (χ2v) is 5.99. The second-order valence-electron chi connectivity index (χ2n) is 5.99. The summed E-state index contributed by atoms with van der Waals surface area (Å²) in [6.45, 7) is 4.38. The molecule has 0 spiro atoms. The zero-order chi connectivity index (χ0) is 13.0. The fourth-order valence-corrected chi connectivity index (χ4v) is 3.25. The monoisotopic (exact) mass is 246 g/mol. The Kier molecular flexibility index (Phi) is 4.39. The lowest BCUT2D eigenvalue weighted by Crippen LogP contribution is -2.36. The molecular formula is C16H26N2. The fourth-order valence-electron chi connectivity index (χ4n) is 3.25. The van der Waals surface area contributed by atoms with Crippen molar-refractivity contribution in [3.8, 4) is 0 Å². The van der Waals surface area contributed by atoms with Crippen LogP contribution >= 0.6 is 0 Å². The van der Waals surface area contributed by atoms with Crippen molar-refractivity contribution in [1.29, 1.82) is 0 Å². The van der Waals surface area contributed by atoms with Gasteiger partial charge >= 0.3 is 0 Å². The third-order valence-corrected chi connectivity index (χ3v) is 4.38. The van der Waals surface area contributed by atoms with E-state index in [4.69, 9.17) is 5.73 Å². The van der Waals surface area contributed by atoms with Crippen LogP contribution < -0.4 is 5.73 Å². The molecule has 0 aromatic carbocycles. The van der Waals surface area contributed by atoms with Crippen molar-refractivity contribution in [1.82, 2.24) is 4.98 Å². The van der Waals surface area contributed by atoms with Gasteiger partial charge in [-0.3, -0.25) is 4.98 Å². The molecule has 1 saturated carbocycles. The molecule has 1 aliphatic carbocycles. The molecule has 0 radical (unpaired) electrons. The average Bonchev–Trinajstić information content (AvgIpc) is 2.54. The third-order valence-electron chi connectivity index (χ3n) is 4.38. The highest BCUT2D eigenvalue weighted by Gasteiger charge is 2.31. The Bertz CT molecular complexity index is 388. The number of hydrogen-bond donors (Lipinski definition) is 1. The number of hydrogen-bond acceptors (Lipinski definition) is 2. The van der Waals surface area contributed by atoms with Gasteiger partial charge in [0.25, 0.3) is 0 Å². The number of aromatic nitrogens is 1. The van der Waals surface area contributed by atoms with Crippen LogP contribution in [-0.4, -0.2) is 4.98 Å². The topological polar surface area (TPSA) is 38.9 Å². The van der Waals surface area contributed by atoms with Gasteiger partial charge in [-0.05, 0) is 43.2 Å². The Morgan fingerprint density at radius 2 is 2.17 bits per heavy atom. The predicted octanol–water partition coefficient (Wildman–Crippen LogP) is 3.92. The summed E-state index contributed by atoms with van der Waals surface area (Å²) >= 11 is 0. The minimum atomic E-state index is -0.137. The number of pyridine rings is 1. The molecule has 0 aliphatic heterocycles. The molecule has 1 aromatic rings. The smallest absolute Gasteiger partial charge is 0.0425 e.